The molecule has 4 heteroatoms. The van der Waals surface area contributed by atoms with E-state index in [1.165, 1.54) is 0 Å². The van der Waals surface area contributed by atoms with E-state index < -0.39 is 0 Å². The van der Waals surface area contributed by atoms with Crippen molar-refractivity contribution in [3.63, 3.8) is 0 Å². The summed E-state index contributed by atoms with van der Waals surface area (Å²) in [6.45, 7) is 6.05. The van der Waals surface area contributed by atoms with Gasteiger partial charge >= 0.3 is 0 Å². The van der Waals surface area contributed by atoms with E-state index in [0.717, 1.165) is 15.9 Å². The van der Waals surface area contributed by atoms with Crippen molar-refractivity contribution < 1.29 is 4.74 Å². The third-order valence-corrected chi connectivity index (χ3v) is 2.60. The molecule has 0 unspecified atom stereocenters. The average Bonchev–Trinajstić information content (AvgIpc) is 2.64. The molecule has 0 fully saturated rings. The van der Waals surface area contributed by atoms with Gasteiger partial charge in [-0.25, -0.2) is 4.68 Å². The normalized spacial score (nSPS) is 11.5. The summed E-state index contributed by atoms with van der Waals surface area (Å²) in [7, 11) is 0. The average molecular weight is 295 g/mol. The van der Waals surface area contributed by atoms with Gasteiger partial charge in [-0.2, -0.15) is 5.10 Å². The largest absolute Gasteiger partial charge is 0.485 e. The van der Waals surface area contributed by atoms with Crippen LogP contribution in [0.25, 0.3) is 5.69 Å². The predicted molar refractivity (Wildman–Crippen MR) is 71.6 cm³/mol. The van der Waals surface area contributed by atoms with Crippen LogP contribution in [-0.4, -0.2) is 15.4 Å². The molecule has 0 saturated heterocycles. The highest BCUT2D eigenvalue weighted by molar-refractivity contribution is 9.10. The minimum Gasteiger partial charge on any atom is -0.485 e. The van der Waals surface area contributed by atoms with Gasteiger partial charge in [0.25, 0.3) is 0 Å². The zero-order valence-electron chi connectivity index (χ0n) is 10.1. The van der Waals surface area contributed by atoms with Gasteiger partial charge in [-0.3, -0.25) is 0 Å². The monoisotopic (exact) mass is 294 g/mol. The molecule has 0 aliphatic heterocycles. The molecule has 0 spiro atoms. The van der Waals surface area contributed by atoms with E-state index in [9.17, 15) is 0 Å². The Hall–Kier alpha value is -1.29. The molecule has 2 aromatic rings. The summed E-state index contributed by atoms with van der Waals surface area (Å²) in [5.41, 5.74) is 0.810. The van der Waals surface area contributed by atoms with Gasteiger partial charge in [-0.15, -0.1) is 0 Å². The van der Waals surface area contributed by atoms with E-state index in [4.69, 9.17) is 4.74 Å². The zero-order valence-corrected chi connectivity index (χ0v) is 11.7. The second-order valence-electron chi connectivity index (χ2n) is 4.81. The molecule has 0 N–H and O–H groups in total. The smallest absolute Gasteiger partial charge is 0.158 e. The molecule has 17 heavy (non-hydrogen) atoms. The Morgan fingerprint density at radius 1 is 1.18 bits per heavy atom. The maximum absolute atomic E-state index is 5.73. The van der Waals surface area contributed by atoms with Crippen molar-refractivity contribution in [1.82, 2.24) is 9.78 Å². The molecule has 90 valence electrons. The molecule has 0 radical (unpaired) electrons. The second-order valence-corrected chi connectivity index (χ2v) is 5.73. The lowest BCUT2D eigenvalue weighted by atomic mass is 10.2. The van der Waals surface area contributed by atoms with E-state index in [0.29, 0.717) is 0 Å². The van der Waals surface area contributed by atoms with Crippen LogP contribution >= 0.6 is 15.9 Å². The maximum atomic E-state index is 5.73. The van der Waals surface area contributed by atoms with E-state index in [-0.39, 0.29) is 5.60 Å². The first-order chi connectivity index (χ1) is 7.94. The summed E-state index contributed by atoms with van der Waals surface area (Å²) in [5, 5.41) is 4.28. The molecule has 0 amide bonds. The minimum atomic E-state index is -0.201. The van der Waals surface area contributed by atoms with Crippen LogP contribution in [0.15, 0.2) is 41.1 Å². The first-order valence-electron chi connectivity index (χ1n) is 5.44. The summed E-state index contributed by atoms with van der Waals surface area (Å²) in [6.07, 6.45) is 3.61. The Bertz CT molecular complexity index is 497. The van der Waals surface area contributed by atoms with Crippen LogP contribution in [0, 0.1) is 0 Å². The Morgan fingerprint density at radius 2 is 1.82 bits per heavy atom. The van der Waals surface area contributed by atoms with Crippen molar-refractivity contribution in [3.05, 3.63) is 41.1 Å². The van der Waals surface area contributed by atoms with Crippen LogP contribution < -0.4 is 4.74 Å². The number of hydrogen-bond donors (Lipinski definition) is 0. The maximum Gasteiger partial charge on any atom is 0.158 e. The number of benzene rings is 1. The highest BCUT2D eigenvalue weighted by Gasteiger charge is 2.13. The quantitative estimate of drug-likeness (QED) is 0.842. The molecule has 1 heterocycles. The van der Waals surface area contributed by atoms with Gasteiger partial charge in [0.2, 0.25) is 0 Å². The highest BCUT2D eigenvalue weighted by atomic mass is 79.9. The standard InChI is InChI=1S/C13H15BrN2O/c1-13(2,3)17-12-8-15-16(9-12)11-6-4-10(14)5-7-11/h4-9H,1-3H3. The molecule has 2 rings (SSSR count). The number of ether oxygens (including phenoxy) is 1. The van der Waals surface area contributed by atoms with Crippen LogP contribution in [0.4, 0.5) is 0 Å². The lowest BCUT2D eigenvalue weighted by Crippen LogP contribution is -2.22. The highest BCUT2D eigenvalue weighted by Crippen LogP contribution is 2.19. The van der Waals surface area contributed by atoms with Gasteiger partial charge in [-0.1, -0.05) is 15.9 Å². The molecule has 0 bridgehead atoms. The van der Waals surface area contributed by atoms with Crippen molar-refractivity contribution in [2.75, 3.05) is 0 Å². The first kappa shape index (κ1) is 12.2. The fourth-order valence-corrected chi connectivity index (χ4v) is 1.71. The Labute approximate surface area is 110 Å². The molecule has 1 aromatic heterocycles. The van der Waals surface area contributed by atoms with Crippen molar-refractivity contribution in [1.29, 1.82) is 0 Å². The van der Waals surface area contributed by atoms with Crippen molar-refractivity contribution in [2.45, 2.75) is 26.4 Å². The Morgan fingerprint density at radius 3 is 2.41 bits per heavy atom. The van der Waals surface area contributed by atoms with Crippen LogP contribution in [0.3, 0.4) is 0 Å². The number of rotatable bonds is 2. The fourth-order valence-electron chi connectivity index (χ4n) is 1.45. The molecular weight excluding hydrogens is 280 g/mol. The second kappa shape index (κ2) is 4.53. The van der Waals surface area contributed by atoms with E-state index in [1.807, 2.05) is 51.2 Å². The van der Waals surface area contributed by atoms with Crippen molar-refractivity contribution >= 4 is 15.9 Å². The SMILES string of the molecule is CC(C)(C)Oc1cnn(-c2ccc(Br)cc2)c1. The third-order valence-electron chi connectivity index (χ3n) is 2.07. The van der Waals surface area contributed by atoms with E-state index >= 15 is 0 Å². The molecule has 1 aromatic carbocycles. The Kier molecular flexibility index (Phi) is 3.24. The minimum absolute atomic E-state index is 0.201. The van der Waals surface area contributed by atoms with E-state index in [1.54, 1.807) is 10.9 Å². The van der Waals surface area contributed by atoms with E-state index in [2.05, 4.69) is 21.0 Å². The van der Waals surface area contributed by atoms with Gasteiger partial charge in [0.05, 0.1) is 18.1 Å². The molecule has 3 nitrogen and oxygen atoms in total. The summed E-state index contributed by atoms with van der Waals surface area (Å²) in [5.74, 6) is 0.778. The van der Waals surface area contributed by atoms with Crippen LogP contribution in [0.2, 0.25) is 0 Å². The topological polar surface area (TPSA) is 27.1 Å². The van der Waals surface area contributed by atoms with Gasteiger partial charge in [0.1, 0.15) is 5.60 Å². The van der Waals surface area contributed by atoms with Crippen LogP contribution in [-0.2, 0) is 0 Å². The van der Waals surface area contributed by atoms with Gasteiger partial charge < -0.3 is 4.74 Å². The number of aromatic nitrogens is 2. The lowest BCUT2D eigenvalue weighted by Gasteiger charge is -2.19. The summed E-state index contributed by atoms with van der Waals surface area (Å²) >= 11 is 3.41. The Balaban J connectivity index is 2.21. The fraction of sp³-hybridized carbons (Fsp3) is 0.308. The lowest BCUT2D eigenvalue weighted by molar-refractivity contribution is 0.131. The number of halogens is 1. The summed E-state index contributed by atoms with van der Waals surface area (Å²) in [4.78, 5) is 0. The van der Waals surface area contributed by atoms with Gasteiger partial charge in [-0.05, 0) is 45.0 Å². The third kappa shape index (κ3) is 3.33. The first-order valence-corrected chi connectivity index (χ1v) is 6.23. The van der Waals surface area contributed by atoms with Gasteiger partial charge in [0.15, 0.2) is 5.75 Å². The molecule has 0 saturated carbocycles. The number of nitrogens with zero attached hydrogens (tertiary/aromatic N) is 2. The molecule has 0 aliphatic carbocycles. The molecule has 0 atom stereocenters. The molecular formula is C13H15BrN2O. The van der Waals surface area contributed by atoms with Gasteiger partial charge in [0, 0.05) is 4.47 Å². The zero-order chi connectivity index (χ0) is 12.5. The van der Waals surface area contributed by atoms with Crippen molar-refractivity contribution in [3.8, 4) is 11.4 Å². The van der Waals surface area contributed by atoms with Crippen LogP contribution in [0.1, 0.15) is 20.8 Å². The van der Waals surface area contributed by atoms with Crippen LogP contribution in [0.5, 0.6) is 5.75 Å². The molecule has 0 aliphatic rings. The number of hydrogen-bond acceptors (Lipinski definition) is 2. The predicted octanol–water partition coefficient (Wildman–Crippen LogP) is 3.81. The summed E-state index contributed by atoms with van der Waals surface area (Å²) < 4.78 is 8.59. The summed E-state index contributed by atoms with van der Waals surface area (Å²) in [6, 6.07) is 7.97. The van der Waals surface area contributed by atoms with Crippen molar-refractivity contribution in [2.24, 2.45) is 0 Å².